The monoisotopic (exact) mass is 436 g/mol. The van der Waals surface area contributed by atoms with Crippen molar-refractivity contribution in [3.63, 3.8) is 0 Å². The number of rotatable bonds is 4. The third kappa shape index (κ3) is 3.62. The SMILES string of the molecule is CC1=C(C(=O)Nc2cc(C)on2)C(c2ccc(Cl)cc2Cl)NC(=S)N1C1CC1. The van der Waals surface area contributed by atoms with Crippen molar-refractivity contribution >= 4 is 52.3 Å². The van der Waals surface area contributed by atoms with E-state index in [1.165, 1.54) is 0 Å². The largest absolute Gasteiger partial charge is 0.360 e. The van der Waals surface area contributed by atoms with Gasteiger partial charge in [0.1, 0.15) is 5.76 Å². The van der Waals surface area contributed by atoms with E-state index in [-0.39, 0.29) is 5.91 Å². The maximum Gasteiger partial charge on any atom is 0.257 e. The molecule has 9 heteroatoms. The second kappa shape index (κ2) is 7.39. The average Bonchev–Trinajstić information content (AvgIpc) is 3.36. The zero-order valence-electron chi connectivity index (χ0n) is 15.3. The number of halogens is 2. The van der Waals surface area contributed by atoms with E-state index >= 15 is 0 Å². The third-order valence-electron chi connectivity index (χ3n) is 4.83. The first-order chi connectivity index (χ1) is 13.3. The van der Waals surface area contributed by atoms with Gasteiger partial charge in [-0.25, -0.2) is 0 Å². The fourth-order valence-corrected chi connectivity index (χ4v) is 4.32. The number of carbonyl (C=O) groups is 1. The lowest BCUT2D eigenvalue weighted by Gasteiger charge is -2.38. The minimum absolute atomic E-state index is 0.289. The predicted octanol–water partition coefficient (Wildman–Crippen LogP) is 4.60. The summed E-state index contributed by atoms with van der Waals surface area (Å²) in [4.78, 5) is 15.2. The number of nitrogens with zero attached hydrogens (tertiary/aromatic N) is 2. The van der Waals surface area contributed by atoms with Crippen LogP contribution in [0, 0.1) is 6.92 Å². The summed E-state index contributed by atoms with van der Waals surface area (Å²) in [5.41, 5.74) is 2.06. The number of amides is 1. The van der Waals surface area contributed by atoms with Crippen LogP contribution in [0.15, 0.2) is 40.1 Å². The van der Waals surface area contributed by atoms with Crippen molar-refractivity contribution in [2.24, 2.45) is 0 Å². The summed E-state index contributed by atoms with van der Waals surface area (Å²) in [6.45, 7) is 3.67. The van der Waals surface area contributed by atoms with Crippen molar-refractivity contribution < 1.29 is 9.32 Å². The molecule has 0 radical (unpaired) electrons. The zero-order chi connectivity index (χ0) is 20.0. The molecule has 146 valence electrons. The molecule has 1 unspecified atom stereocenters. The molecular formula is C19H18Cl2N4O2S. The highest BCUT2D eigenvalue weighted by Crippen LogP contribution is 2.40. The van der Waals surface area contributed by atoms with Crippen molar-refractivity contribution in [3.05, 3.63) is 56.9 Å². The number of anilines is 1. The highest BCUT2D eigenvalue weighted by Gasteiger charge is 2.40. The number of aromatic nitrogens is 1. The van der Waals surface area contributed by atoms with E-state index in [1.807, 2.05) is 11.8 Å². The van der Waals surface area contributed by atoms with Crippen molar-refractivity contribution in [1.82, 2.24) is 15.4 Å². The van der Waals surface area contributed by atoms with Gasteiger partial charge < -0.3 is 20.1 Å². The lowest BCUT2D eigenvalue weighted by Crippen LogP contribution is -2.49. The van der Waals surface area contributed by atoms with Gasteiger partial charge in [-0.05, 0) is 56.6 Å². The lowest BCUT2D eigenvalue weighted by molar-refractivity contribution is -0.113. The third-order valence-corrected chi connectivity index (χ3v) is 5.70. The van der Waals surface area contributed by atoms with Crippen LogP contribution in [0.25, 0.3) is 0 Å². The Morgan fingerprint density at radius 1 is 1.32 bits per heavy atom. The molecule has 0 saturated heterocycles. The van der Waals surface area contributed by atoms with Crippen LogP contribution in [0.5, 0.6) is 0 Å². The van der Waals surface area contributed by atoms with Crippen LogP contribution in [-0.4, -0.2) is 27.1 Å². The van der Waals surface area contributed by atoms with E-state index in [0.717, 1.165) is 24.1 Å². The van der Waals surface area contributed by atoms with E-state index in [9.17, 15) is 4.79 Å². The second-order valence-corrected chi connectivity index (χ2v) is 8.16. The Balaban J connectivity index is 1.77. The van der Waals surface area contributed by atoms with Crippen molar-refractivity contribution in [1.29, 1.82) is 0 Å². The van der Waals surface area contributed by atoms with Gasteiger partial charge in [-0.2, -0.15) is 0 Å². The molecule has 1 aliphatic carbocycles. The first-order valence-corrected chi connectivity index (χ1v) is 10.0. The zero-order valence-corrected chi connectivity index (χ0v) is 17.6. The Hall–Kier alpha value is -2.09. The number of nitrogens with one attached hydrogen (secondary N) is 2. The van der Waals surface area contributed by atoms with E-state index < -0.39 is 6.04 Å². The molecular weight excluding hydrogens is 419 g/mol. The Morgan fingerprint density at radius 3 is 2.68 bits per heavy atom. The molecule has 2 N–H and O–H groups in total. The van der Waals surface area contributed by atoms with Gasteiger partial charge >= 0.3 is 0 Å². The van der Waals surface area contributed by atoms with Gasteiger partial charge in [0.05, 0.1) is 11.6 Å². The van der Waals surface area contributed by atoms with Crippen LogP contribution in [0.3, 0.4) is 0 Å². The Labute approximate surface area is 177 Å². The molecule has 1 aromatic heterocycles. The maximum atomic E-state index is 13.2. The number of aryl methyl sites for hydroxylation is 1. The number of thiocarbonyl (C=S) groups is 1. The molecule has 1 saturated carbocycles. The molecule has 1 aromatic carbocycles. The van der Waals surface area contributed by atoms with Gasteiger partial charge in [0.25, 0.3) is 5.91 Å². The summed E-state index contributed by atoms with van der Waals surface area (Å²) in [5.74, 6) is 0.679. The molecule has 0 spiro atoms. The van der Waals surface area contributed by atoms with Gasteiger partial charge in [0.2, 0.25) is 0 Å². The second-order valence-electron chi connectivity index (χ2n) is 6.93. The van der Waals surface area contributed by atoms with Crippen LogP contribution < -0.4 is 10.6 Å². The molecule has 2 aromatic rings. The smallest absolute Gasteiger partial charge is 0.257 e. The molecule has 1 fully saturated rings. The van der Waals surface area contributed by atoms with Crippen molar-refractivity contribution in [2.45, 2.75) is 38.8 Å². The van der Waals surface area contributed by atoms with Crippen LogP contribution in [0.2, 0.25) is 10.0 Å². The molecule has 1 aliphatic heterocycles. The van der Waals surface area contributed by atoms with Crippen LogP contribution in [-0.2, 0) is 4.79 Å². The first kappa shape index (κ1) is 19.2. The van der Waals surface area contributed by atoms with Gasteiger partial charge in [0.15, 0.2) is 10.9 Å². The fraction of sp³-hybridized carbons (Fsp3) is 0.316. The predicted molar refractivity (Wildman–Crippen MR) is 112 cm³/mol. The molecule has 28 heavy (non-hydrogen) atoms. The number of allylic oxidation sites excluding steroid dienone is 1. The molecule has 2 aliphatic rings. The summed E-state index contributed by atoms with van der Waals surface area (Å²) >= 11 is 18.1. The van der Waals surface area contributed by atoms with Gasteiger partial charge in [-0.3, -0.25) is 4.79 Å². The molecule has 1 amide bonds. The van der Waals surface area contributed by atoms with E-state index in [4.69, 9.17) is 39.9 Å². The van der Waals surface area contributed by atoms with Gasteiger partial charge in [-0.1, -0.05) is 34.4 Å². The topological polar surface area (TPSA) is 70.4 Å². The summed E-state index contributed by atoms with van der Waals surface area (Å²) in [5, 5.41) is 11.5. The molecule has 2 heterocycles. The van der Waals surface area contributed by atoms with Crippen LogP contribution >= 0.6 is 35.4 Å². The number of benzene rings is 1. The maximum absolute atomic E-state index is 13.2. The number of carbonyl (C=O) groups excluding carboxylic acids is 1. The average molecular weight is 437 g/mol. The Kier molecular flexibility index (Phi) is 5.07. The van der Waals surface area contributed by atoms with Crippen molar-refractivity contribution in [2.75, 3.05) is 5.32 Å². The summed E-state index contributed by atoms with van der Waals surface area (Å²) < 4.78 is 5.05. The van der Waals surface area contributed by atoms with E-state index in [1.54, 1.807) is 31.2 Å². The molecule has 4 rings (SSSR count). The minimum Gasteiger partial charge on any atom is -0.360 e. The minimum atomic E-state index is -0.500. The number of hydrogen-bond donors (Lipinski definition) is 2. The fourth-order valence-electron chi connectivity index (χ4n) is 3.40. The van der Waals surface area contributed by atoms with Crippen LogP contribution in [0.1, 0.15) is 37.1 Å². The Bertz CT molecular complexity index is 1000. The molecule has 0 bridgehead atoms. The quantitative estimate of drug-likeness (QED) is 0.682. The highest BCUT2D eigenvalue weighted by molar-refractivity contribution is 7.80. The van der Waals surface area contributed by atoms with Gasteiger partial charge in [0, 0.05) is 27.9 Å². The highest BCUT2D eigenvalue weighted by atomic mass is 35.5. The standard InChI is InChI=1S/C19H18Cl2N4O2S/c1-9-7-15(24-27-9)22-18(26)16-10(2)25(12-4-5-12)19(28)23-17(16)13-6-3-11(20)8-14(13)21/h3,6-8,12,17H,4-5H2,1-2H3,(H,23,28)(H,22,24,26). The lowest BCUT2D eigenvalue weighted by atomic mass is 9.94. The normalized spacial score (nSPS) is 19.6. The molecule has 1 atom stereocenters. The van der Waals surface area contributed by atoms with Crippen LogP contribution in [0.4, 0.5) is 5.82 Å². The summed E-state index contributed by atoms with van der Waals surface area (Å²) in [7, 11) is 0. The van der Waals surface area contributed by atoms with E-state index in [2.05, 4.69) is 15.8 Å². The van der Waals surface area contributed by atoms with Crippen molar-refractivity contribution in [3.8, 4) is 0 Å². The van der Waals surface area contributed by atoms with Gasteiger partial charge in [-0.15, -0.1) is 0 Å². The number of hydrogen-bond acceptors (Lipinski definition) is 4. The van der Waals surface area contributed by atoms with E-state index in [0.29, 0.717) is 38.4 Å². The summed E-state index contributed by atoms with van der Waals surface area (Å²) in [6, 6.07) is 6.68. The molecule has 6 nitrogen and oxygen atoms in total. The summed E-state index contributed by atoms with van der Waals surface area (Å²) in [6.07, 6.45) is 2.09. The first-order valence-electron chi connectivity index (χ1n) is 8.85. The Morgan fingerprint density at radius 2 is 2.07 bits per heavy atom.